The second kappa shape index (κ2) is 5.75. The van der Waals surface area contributed by atoms with Gasteiger partial charge in [0.25, 0.3) is 5.69 Å². The van der Waals surface area contributed by atoms with Gasteiger partial charge in [0.05, 0.1) is 22.9 Å². The predicted molar refractivity (Wildman–Crippen MR) is 74.9 cm³/mol. The van der Waals surface area contributed by atoms with Crippen LogP contribution in [0.3, 0.4) is 0 Å². The number of nitrogens with one attached hydrogen (secondary N) is 1. The number of hydrogen-bond donors (Lipinski definition) is 1. The zero-order valence-corrected chi connectivity index (χ0v) is 11.7. The van der Waals surface area contributed by atoms with E-state index in [1.807, 2.05) is 6.92 Å². The molecule has 0 aliphatic heterocycles. The van der Waals surface area contributed by atoms with Crippen LogP contribution in [0.15, 0.2) is 41.3 Å². The Morgan fingerprint density at radius 2 is 2.21 bits per heavy atom. The molecule has 1 heterocycles. The van der Waals surface area contributed by atoms with E-state index in [0.29, 0.717) is 10.2 Å². The maximum Gasteiger partial charge on any atom is 0.293 e. The molecule has 0 radical (unpaired) electrons. The Bertz CT molecular complexity index is 592. The lowest BCUT2D eigenvalue weighted by molar-refractivity contribution is -0.384. The topological polar surface area (TPSA) is 81.0 Å². The minimum absolute atomic E-state index is 0.0186. The van der Waals surface area contributed by atoms with Crippen molar-refractivity contribution in [3.63, 3.8) is 0 Å². The molecule has 98 valence electrons. The van der Waals surface area contributed by atoms with Gasteiger partial charge in [-0.1, -0.05) is 15.9 Å². The minimum atomic E-state index is -0.420. The number of anilines is 1. The molecule has 1 aromatic carbocycles. The number of aromatic nitrogens is 2. The second-order valence-corrected chi connectivity index (χ2v) is 4.83. The first kappa shape index (κ1) is 13.4. The quantitative estimate of drug-likeness (QED) is 0.689. The lowest BCUT2D eigenvalue weighted by Crippen LogP contribution is -2.10. The zero-order valence-electron chi connectivity index (χ0n) is 10.1. The average molecular weight is 323 g/mol. The van der Waals surface area contributed by atoms with E-state index in [1.165, 1.54) is 6.07 Å². The van der Waals surface area contributed by atoms with E-state index < -0.39 is 4.92 Å². The van der Waals surface area contributed by atoms with Crippen molar-refractivity contribution in [1.29, 1.82) is 0 Å². The number of halogens is 1. The van der Waals surface area contributed by atoms with Gasteiger partial charge in [0, 0.05) is 22.9 Å². The van der Waals surface area contributed by atoms with E-state index in [9.17, 15) is 10.1 Å². The third kappa shape index (κ3) is 3.25. The Hall–Kier alpha value is -2.02. The molecule has 2 rings (SSSR count). The van der Waals surface area contributed by atoms with Crippen molar-refractivity contribution in [2.75, 3.05) is 5.32 Å². The van der Waals surface area contributed by atoms with Crippen LogP contribution in [0.4, 0.5) is 11.4 Å². The summed E-state index contributed by atoms with van der Waals surface area (Å²) in [6.07, 6.45) is 4.80. The molecule has 1 aromatic heterocycles. The van der Waals surface area contributed by atoms with Gasteiger partial charge in [-0.2, -0.15) is 0 Å². The summed E-state index contributed by atoms with van der Waals surface area (Å²) in [5.41, 5.74) is 1.19. The third-order valence-corrected chi connectivity index (χ3v) is 3.05. The monoisotopic (exact) mass is 322 g/mol. The second-order valence-electron chi connectivity index (χ2n) is 3.91. The molecule has 0 amide bonds. The molecule has 0 aliphatic rings. The van der Waals surface area contributed by atoms with Crippen LogP contribution in [0.5, 0.6) is 0 Å². The first-order valence-corrected chi connectivity index (χ1v) is 6.33. The van der Waals surface area contributed by atoms with Crippen molar-refractivity contribution in [3.05, 3.63) is 57.1 Å². The molecule has 0 spiro atoms. The van der Waals surface area contributed by atoms with Crippen LogP contribution < -0.4 is 5.32 Å². The van der Waals surface area contributed by atoms with E-state index in [1.54, 1.807) is 30.7 Å². The summed E-state index contributed by atoms with van der Waals surface area (Å²) in [4.78, 5) is 18.7. The predicted octanol–water partition coefficient (Wildman–Crippen LogP) is 3.32. The summed E-state index contributed by atoms with van der Waals surface area (Å²) in [6, 6.07) is 4.70. The van der Waals surface area contributed by atoms with Crippen molar-refractivity contribution >= 4 is 27.3 Å². The molecule has 2 aromatic rings. The number of hydrogen-bond acceptors (Lipinski definition) is 5. The highest BCUT2D eigenvalue weighted by Crippen LogP contribution is 2.30. The van der Waals surface area contributed by atoms with Crippen LogP contribution in [-0.4, -0.2) is 14.9 Å². The molecule has 1 atom stereocenters. The Morgan fingerprint density at radius 1 is 1.42 bits per heavy atom. The first-order valence-electron chi connectivity index (χ1n) is 5.54. The van der Waals surface area contributed by atoms with Crippen LogP contribution in [0.25, 0.3) is 0 Å². The molecule has 6 nitrogen and oxygen atoms in total. The number of nitro benzene ring substituents is 1. The van der Waals surface area contributed by atoms with Gasteiger partial charge in [-0.3, -0.25) is 20.1 Å². The van der Waals surface area contributed by atoms with Crippen LogP contribution in [0.2, 0.25) is 0 Å². The average Bonchev–Trinajstić information content (AvgIpc) is 2.41. The van der Waals surface area contributed by atoms with Crippen LogP contribution in [0.1, 0.15) is 18.7 Å². The van der Waals surface area contributed by atoms with E-state index in [2.05, 4.69) is 31.2 Å². The van der Waals surface area contributed by atoms with Crippen molar-refractivity contribution in [1.82, 2.24) is 9.97 Å². The van der Waals surface area contributed by atoms with Gasteiger partial charge in [0.15, 0.2) is 0 Å². The maximum atomic E-state index is 11.0. The fourth-order valence-corrected chi connectivity index (χ4v) is 1.97. The highest BCUT2D eigenvalue weighted by molar-refractivity contribution is 9.10. The van der Waals surface area contributed by atoms with Crippen molar-refractivity contribution in [3.8, 4) is 0 Å². The summed E-state index contributed by atoms with van der Waals surface area (Å²) in [5, 5.41) is 14.1. The Balaban J connectivity index is 2.26. The Kier molecular flexibility index (Phi) is 4.06. The fourth-order valence-electron chi connectivity index (χ4n) is 1.62. The molecule has 19 heavy (non-hydrogen) atoms. The summed E-state index contributed by atoms with van der Waals surface area (Å²) in [6.45, 7) is 1.87. The summed E-state index contributed by atoms with van der Waals surface area (Å²) in [7, 11) is 0. The number of benzene rings is 1. The van der Waals surface area contributed by atoms with E-state index in [0.717, 1.165) is 5.69 Å². The Labute approximate surface area is 118 Å². The maximum absolute atomic E-state index is 11.0. The summed E-state index contributed by atoms with van der Waals surface area (Å²) >= 11 is 3.22. The van der Waals surface area contributed by atoms with Crippen LogP contribution >= 0.6 is 15.9 Å². The van der Waals surface area contributed by atoms with Gasteiger partial charge in [-0.25, -0.2) is 0 Å². The molecule has 0 aliphatic carbocycles. The molecular formula is C12H11BrN4O2. The minimum Gasteiger partial charge on any atom is -0.371 e. The number of nitro groups is 1. The van der Waals surface area contributed by atoms with Gasteiger partial charge >= 0.3 is 0 Å². The smallest absolute Gasteiger partial charge is 0.293 e. The zero-order chi connectivity index (χ0) is 13.8. The van der Waals surface area contributed by atoms with Crippen molar-refractivity contribution < 1.29 is 4.92 Å². The van der Waals surface area contributed by atoms with Crippen molar-refractivity contribution in [2.45, 2.75) is 13.0 Å². The molecule has 0 bridgehead atoms. The van der Waals surface area contributed by atoms with Gasteiger partial charge in [-0.05, 0) is 19.1 Å². The molecule has 0 saturated heterocycles. The van der Waals surface area contributed by atoms with E-state index in [-0.39, 0.29) is 11.7 Å². The SMILES string of the molecule is CC(Nc1ccc(Br)cc1[N+](=O)[O-])c1cnccn1. The molecule has 0 saturated carbocycles. The summed E-state index contributed by atoms with van der Waals surface area (Å²) in [5.74, 6) is 0. The number of rotatable bonds is 4. The highest BCUT2D eigenvalue weighted by Gasteiger charge is 2.17. The van der Waals surface area contributed by atoms with Gasteiger partial charge in [0.1, 0.15) is 5.69 Å². The lowest BCUT2D eigenvalue weighted by atomic mass is 10.2. The molecular weight excluding hydrogens is 312 g/mol. The first-order chi connectivity index (χ1) is 9.08. The van der Waals surface area contributed by atoms with Crippen molar-refractivity contribution in [2.24, 2.45) is 0 Å². The van der Waals surface area contributed by atoms with Crippen LogP contribution in [-0.2, 0) is 0 Å². The molecule has 1 N–H and O–H groups in total. The summed E-state index contributed by atoms with van der Waals surface area (Å²) < 4.78 is 0.664. The lowest BCUT2D eigenvalue weighted by Gasteiger charge is -2.14. The highest BCUT2D eigenvalue weighted by atomic mass is 79.9. The van der Waals surface area contributed by atoms with Gasteiger partial charge < -0.3 is 5.32 Å². The fraction of sp³-hybridized carbons (Fsp3) is 0.167. The van der Waals surface area contributed by atoms with Crippen LogP contribution in [0, 0.1) is 10.1 Å². The Morgan fingerprint density at radius 3 is 2.84 bits per heavy atom. The van der Waals surface area contributed by atoms with E-state index >= 15 is 0 Å². The third-order valence-electron chi connectivity index (χ3n) is 2.56. The van der Waals surface area contributed by atoms with Gasteiger partial charge in [0.2, 0.25) is 0 Å². The molecule has 0 fully saturated rings. The standard InChI is InChI=1S/C12H11BrN4O2/c1-8(11-7-14-4-5-15-11)16-10-3-2-9(13)6-12(10)17(18)19/h2-8,16H,1H3. The molecule has 1 unspecified atom stereocenters. The van der Waals surface area contributed by atoms with Gasteiger partial charge in [-0.15, -0.1) is 0 Å². The largest absolute Gasteiger partial charge is 0.371 e. The number of nitrogens with zero attached hydrogens (tertiary/aromatic N) is 3. The normalized spacial score (nSPS) is 11.9. The molecule has 7 heteroatoms. The van der Waals surface area contributed by atoms with E-state index in [4.69, 9.17) is 0 Å².